The number of benzene rings is 2. The summed E-state index contributed by atoms with van der Waals surface area (Å²) < 4.78 is 43.0. The maximum absolute atomic E-state index is 13.5. The van der Waals surface area contributed by atoms with Gasteiger partial charge < -0.3 is 14.2 Å². The number of rotatable bonds is 3. The summed E-state index contributed by atoms with van der Waals surface area (Å²) in [7, 11) is 0. The van der Waals surface area contributed by atoms with Crippen LogP contribution in [0.15, 0.2) is 34.8 Å². The molecule has 0 fully saturated rings. The van der Waals surface area contributed by atoms with E-state index >= 15 is 0 Å². The summed E-state index contributed by atoms with van der Waals surface area (Å²) in [6, 6.07) is 6.48. The minimum absolute atomic E-state index is 0.117. The van der Waals surface area contributed by atoms with Crippen LogP contribution in [0.4, 0.5) is 8.78 Å². The lowest BCUT2D eigenvalue weighted by Crippen LogP contribution is -2.10. The van der Waals surface area contributed by atoms with Crippen LogP contribution in [-0.4, -0.2) is 12.8 Å². The Hall–Kier alpha value is -2.15. The quantitative estimate of drug-likeness (QED) is 0.770. The van der Waals surface area contributed by atoms with Crippen LogP contribution >= 0.6 is 15.9 Å². The van der Waals surface area contributed by atoms with E-state index in [1.807, 2.05) is 0 Å². The van der Waals surface area contributed by atoms with Crippen LogP contribution < -0.4 is 9.47 Å². The smallest absolute Gasteiger partial charge is 0.344 e. The molecule has 0 atom stereocenters. The number of hydrogen-bond donors (Lipinski definition) is 0. The van der Waals surface area contributed by atoms with E-state index in [0.29, 0.717) is 21.5 Å². The maximum Gasteiger partial charge on any atom is 0.344 e. The molecule has 0 aromatic heterocycles. The summed E-state index contributed by atoms with van der Waals surface area (Å²) in [4.78, 5) is 11.8. The number of carbonyl (C=O) groups excluding carboxylic acids is 1. The highest BCUT2D eigenvalue weighted by atomic mass is 79.9. The first kappa shape index (κ1) is 14.8. The van der Waals surface area contributed by atoms with E-state index in [2.05, 4.69) is 15.9 Å². The first-order valence-electron chi connectivity index (χ1n) is 6.25. The zero-order chi connectivity index (χ0) is 15.7. The molecule has 0 unspecified atom stereocenters. The van der Waals surface area contributed by atoms with Crippen LogP contribution in [-0.2, 0) is 11.3 Å². The zero-order valence-corrected chi connectivity index (χ0v) is 12.7. The van der Waals surface area contributed by atoms with Crippen molar-refractivity contribution in [2.75, 3.05) is 6.79 Å². The van der Waals surface area contributed by atoms with E-state index in [4.69, 9.17) is 14.2 Å². The van der Waals surface area contributed by atoms with Crippen molar-refractivity contribution < 1.29 is 27.8 Å². The number of hydrogen-bond acceptors (Lipinski definition) is 4. The second-order valence-electron chi connectivity index (χ2n) is 4.47. The molecule has 7 heteroatoms. The van der Waals surface area contributed by atoms with Gasteiger partial charge in [-0.1, -0.05) is 22.0 Å². The number of carbonyl (C=O) groups is 1. The van der Waals surface area contributed by atoms with Gasteiger partial charge in [-0.25, -0.2) is 13.6 Å². The molecule has 1 aliphatic heterocycles. The van der Waals surface area contributed by atoms with E-state index < -0.39 is 23.2 Å². The van der Waals surface area contributed by atoms with Crippen LogP contribution in [0.3, 0.4) is 0 Å². The first-order valence-corrected chi connectivity index (χ1v) is 7.04. The van der Waals surface area contributed by atoms with Gasteiger partial charge in [-0.2, -0.15) is 0 Å². The van der Waals surface area contributed by atoms with Crippen molar-refractivity contribution in [3.05, 3.63) is 57.6 Å². The molecule has 0 amide bonds. The molecule has 3 rings (SSSR count). The molecule has 0 radical (unpaired) electrons. The third-order valence-corrected chi connectivity index (χ3v) is 3.81. The van der Waals surface area contributed by atoms with E-state index in [1.54, 1.807) is 12.1 Å². The van der Waals surface area contributed by atoms with Crippen LogP contribution in [0.2, 0.25) is 0 Å². The SMILES string of the molecule is O=C(OCc1cc2c(cc1Br)OCO2)c1c(F)cccc1F. The third kappa shape index (κ3) is 2.76. The molecule has 1 heterocycles. The van der Waals surface area contributed by atoms with Gasteiger partial charge in [0.1, 0.15) is 23.8 Å². The van der Waals surface area contributed by atoms with E-state index in [1.165, 1.54) is 6.07 Å². The Morgan fingerprint density at radius 2 is 1.82 bits per heavy atom. The molecule has 1 aliphatic rings. The second kappa shape index (κ2) is 5.92. The van der Waals surface area contributed by atoms with Crippen LogP contribution in [0.5, 0.6) is 11.5 Å². The predicted molar refractivity (Wildman–Crippen MR) is 75.7 cm³/mol. The van der Waals surface area contributed by atoms with Gasteiger partial charge in [0.25, 0.3) is 0 Å². The number of halogens is 3. The molecule has 114 valence electrons. The number of fused-ring (bicyclic) bond motifs is 1. The van der Waals surface area contributed by atoms with Gasteiger partial charge in [-0.05, 0) is 24.3 Å². The minimum Gasteiger partial charge on any atom is -0.457 e. The molecule has 0 saturated carbocycles. The molecule has 0 bridgehead atoms. The van der Waals surface area contributed by atoms with Gasteiger partial charge in [0, 0.05) is 10.0 Å². The van der Waals surface area contributed by atoms with Gasteiger partial charge in [0.2, 0.25) is 6.79 Å². The van der Waals surface area contributed by atoms with Gasteiger partial charge in [-0.15, -0.1) is 0 Å². The van der Waals surface area contributed by atoms with Gasteiger partial charge in [0.05, 0.1) is 0 Å². The van der Waals surface area contributed by atoms with Crippen molar-refractivity contribution in [3.8, 4) is 11.5 Å². The fraction of sp³-hybridized carbons (Fsp3) is 0.133. The lowest BCUT2D eigenvalue weighted by Gasteiger charge is -2.09. The second-order valence-corrected chi connectivity index (χ2v) is 5.32. The molecule has 2 aromatic rings. The van der Waals surface area contributed by atoms with Gasteiger partial charge >= 0.3 is 5.97 Å². The van der Waals surface area contributed by atoms with Crippen molar-refractivity contribution in [1.29, 1.82) is 0 Å². The third-order valence-electron chi connectivity index (χ3n) is 3.07. The van der Waals surface area contributed by atoms with Gasteiger partial charge in [-0.3, -0.25) is 0 Å². The normalized spacial score (nSPS) is 12.3. The van der Waals surface area contributed by atoms with Crippen LogP contribution in [0.25, 0.3) is 0 Å². The number of esters is 1. The number of ether oxygens (including phenoxy) is 3. The highest BCUT2D eigenvalue weighted by Gasteiger charge is 2.20. The van der Waals surface area contributed by atoms with Crippen molar-refractivity contribution in [2.45, 2.75) is 6.61 Å². The van der Waals surface area contributed by atoms with Crippen molar-refractivity contribution in [3.63, 3.8) is 0 Å². The molecule has 0 N–H and O–H groups in total. The van der Waals surface area contributed by atoms with Crippen molar-refractivity contribution in [1.82, 2.24) is 0 Å². The minimum atomic E-state index is -1.07. The Morgan fingerprint density at radius 3 is 2.50 bits per heavy atom. The Kier molecular flexibility index (Phi) is 3.98. The van der Waals surface area contributed by atoms with E-state index in [9.17, 15) is 13.6 Å². The molecule has 22 heavy (non-hydrogen) atoms. The zero-order valence-electron chi connectivity index (χ0n) is 11.1. The molecule has 0 spiro atoms. The van der Waals surface area contributed by atoms with Crippen LogP contribution in [0.1, 0.15) is 15.9 Å². The molecule has 0 aliphatic carbocycles. The molecule has 2 aromatic carbocycles. The summed E-state index contributed by atoms with van der Waals surface area (Å²) in [5, 5.41) is 0. The summed E-state index contributed by atoms with van der Waals surface area (Å²) in [5.74, 6) is -1.90. The fourth-order valence-electron chi connectivity index (χ4n) is 1.98. The molecule has 4 nitrogen and oxygen atoms in total. The average Bonchev–Trinajstić information content (AvgIpc) is 2.91. The van der Waals surface area contributed by atoms with E-state index in [-0.39, 0.29) is 13.4 Å². The highest BCUT2D eigenvalue weighted by Crippen LogP contribution is 2.37. The summed E-state index contributed by atoms with van der Waals surface area (Å²) in [5.41, 5.74) is -0.117. The van der Waals surface area contributed by atoms with E-state index in [0.717, 1.165) is 12.1 Å². The molecular formula is C15H9BrF2O4. The Balaban J connectivity index is 1.77. The molecule has 0 saturated heterocycles. The maximum atomic E-state index is 13.5. The summed E-state index contributed by atoms with van der Waals surface area (Å²) in [6.07, 6.45) is 0. The highest BCUT2D eigenvalue weighted by molar-refractivity contribution is 9.10. The standard InChI is InChI=1S/C15H9BrF2O4/c16-9-5-13-12(21-7-22-13)4-8(9)6-20-15(19)14-10(17)2-1-3-11(14)18/h1-5H,6-7H2. The summed E-state index contributed by atoms with van der Waals surface area (Å²) >= 11 is 3.31. The fourth-order valence-corrected chi connectivity index (χ4v) is 2.41. The summed E-state index contributed by atoms with van der Waals surface area (Å²) in [6.45, 7) is -0.0463. The molecular weight excluding hydrogens is 362 g/mol. The van der Waals surface area contributed by atoms with Gasteiger partial charge in [0.15, 0.2) is 11.5 Å². The Bertz CT molecular complexity index is 728. The largest absolute Gasteiger partial charge is 0.457 e. The van der Waals surface area contributed by atoms with Crippen LogP contribution in [0, 0.1) is 11.6 Å². The first-order chi connectivity index (χ1) is 10.6. The average molecular weight is 371 g/mol. The lowest BCUT2D eigenvalue weighted by molar-refractivity contribution is 0.0460. The Labute approximate surface area is 132 Å². The topological polar surface area (TPSA) is 44.8 Å². The van der Waals surface area contributed by atoms with Crippen molar-refractivity contribution in [2.24, 2.45) is 0 Å². The predicted octanol–water partition coefficient (Wildman–Crippen LogP) is 3.81. The Morgan fingerprint density at radius 1 is 1.18 bits per heavy atom. The van der Waals surface area contributed by atoms with Crippen molar-refractivity contribution >= 4 is 21.9 Å². The lowest BCUT2D eigenvalue weighted by atomic mass is 10.2. The monoisotopic (exact) mass is 370 g/mol.